The topological polar surface area (TPSA) is 30.7 Å². The summed E-state index contributed by atoms with van der Waals surface area (Å²) in [7, 11) is 0. The van der Waals surface area contributed by atoms with Crippen LogP contribution in [-0.2, 0) is 5.41 Å². The van der Waals surface area contributed by atoms with E-state index in [1.807, 2.05) is 24.7 Å². The minimum Gasteiger partial charge on any atom is -0.307 e. The van der Waals surface area contributed by atoms with E-state index < -0.39 is 0 Å². The van der Waals surface area contributed by atoms with Gasteiger partial charge in [0.05, 0.1) is 16.6 Å². The number of benzene rings is 2. The van der Waals surface area contributed by atoms with Crippen molar-refractivity contribution in [2.75, 3.05) is 0 Å². The highest BCUT2D eigenvalue weighted by atomic mass is 15.0. The van der Waals surface area contributed by atoms with Gasteiger partial charge >= 0.3 is 0 Å². The molecule has 0 N–H and O–H groups in total. The van der Waals surface area contributed by atoms with E-state index in [1.165, 1.54) is 33.2 Å². The van der Waals surface area contributed by atoms with Crippen LogP contribution in [0.5, 0.6) is 0 Å². The van der Waals surface area contributed by atoms with Gasteiger partial charge in [0, 0.05) is 35.1 Å². The van der Waals surface area contributed by atoms with Crippen LogP contribution in [0.3, 0.4) is 0 Å². The summed E-state index contributed by atoms with van der Waals surface area (Å²) in [6.45, 7) is 4.64. The summed E-state index contributed by atoms with van der Waals surface area (Å²) in [6.07, 6.45) is 5.57. The number of rotatable bonds is 1. The fourth-order valence-electron chi connectivity index (χ4n) is 4.80. The molecular weight excluding hydrogens is 342 g/mol. The SMILES string of the molecule is CC1(C)c2ccccc2-c2cc3c(cc21)c1ncccc1n3-c1ccncc1. The van der Waals surface area contributed by atoms with Crippen LogP contribution in [0.4, 0.5) is 0 Å². The zero-order chi connectivity index (χ0) is 18.9. The second-order valence-corrected chi connectivity index (χ2v) is 8.00. The van der Waals surface area contributed by atoms with Crippen molar-refractivity contribution >= 4 is 21.9 Å². The van der Waals surface area contributed by atoms with Crippen LogP contribution in [0, 0.1) is 0 Å². The first-order valence-electron chi connectivity index (χ1n) is 9.60. The van der Waals surface area contributed by atoms with E-state index >= 15 is 0 Å². The summed E-state index contributed by atoms with van der Waals surface area (Å²) in [4.78, 5) is 8.93. The number of nitrogens with zero attached hydrogens (tertiary/aromatic N) is 3. The van der Waals surface area contributed by atoms with E-state index in [4.69, 9.17) is 4.98 Å². The molecule has 1 aliphatic carbocycles. The van der Waals surface area contributed by atoms with Crippen molar-refractivity contribution in [2.24, 2.45) is 0 Å². The van der Waals surface area contributed by atoms with Gasteiger partial charge in [-0.1, -0.05) is 38.1 Å². The predicted molar refractivity (Wildman–Crippen MR) is 114 cm³/mol. The highest BCUT2D eigenvalue weighted by molar-refractivity contribution is 6.09. The van der Waals surface area contributed by atoms with Gasteiger partial charge in [-0.25, -0.2) is 0 Å². The number of fused-ring (bicyclic) bond motifs is 6. The van der Waals surface area contributed by atoms with Gasteiger partial charge in [-0.05, 0) is 58.7 Å². The summed E-state index contributed by atoms with van der Waals surface area (Å²) in [5.74, 6) is 0. The fraction of sp³-hybridized carbons (Fsp3) is 0.120. The van der Waals surface area contributed by atoms with Gasteiger partial charge in [-0.3, -0.25) is 9.97 Å². The molecule has 28 heavy (non-hydrogen) atoms. The van der Waals surface area contributed by atoms with E-state index in [9.17, 15) is 0 Å². The van der Waals surface area contributed by atoms with E-state index in [0.717, 1.165) is 16.7 Å². The first kappa shape index (κ1) is 15.6. The molecule has 1 aliphatic rings. The van der Waals surface area contributed by atoms with Crippen molar-refractivity contribution < 1.29 is 0 Å². The van der Waals surface area contributed by atoms with Crippen molar-refractivity contribution in [3.8, 4) is 16.8 Å². The van der Waals surface area contributed by atoms with Crippen LogP contribution in [0.2, 0.25) is 0 Å². The number of aromatic nitrogens is 3. The first-order chi connectivity index (χ1) is 13.7. The Morgan fingerprint density at radius 2 is 1.57 bits per heavy atom. The van der Waals surface area contributed by atoms with Crippen LogP contribution in [0.25, 0.3) is 38.8 Å². The second-order valence-electron chi connectivity index (χ2n) is 8.00. The lowest BCUT2D eigenvalue weighted by Crippen LogP contribution is -2.14. The van der Waals surface area contributed by atoms with E-state index in [2.05, 4.69) is 78.0 Å². The zero-order valence-electron chi connectivity index (χ0n) is 15.8. The van der Waals surface area contributed by atoms with E-state index in [1.54, 1.807) is 0 Å². The maximum Gasteiger partial charge on any atom is 0.0963 e. The molecule has 5 aromatic rings. The molecule has 0 saturated heterocycles. The van der Waals surface area contributed by atoms with Gasteiger partial charge in [-0.15, -0.1) is 0 Å². The van der Waals surface area contributed by atoms with Crippen LogP contribution in [0.1, 0.15) is 25.0 Å². The normalized spacial score (nSPS) is 14.4. The van der Waals surface area contributed by atoms with Crippen molar-refractivity contribution in [1.82, 2.24) is 14.5 Å². The van der Waals surface area contributed by atoms with E-state index in [0.29, 0.717) is 0 Å². The maximum atomic E-state index is 4.74. The first-order valence-corrected chi connectivity index (χ1v) is 9.60. The van der Waals surface area contributed by atoms with Gasteiger partial charge in [0.2, 0.25) is 0 Å². The Kier molecular flexibility index (Phi) is 2.95. The summed E-state index contributed by atoms with van der Waals surface area (Å²) < 4.78 is 2.30. The third kappa shape index (κ3) is 1.88. The van der Waals surface area contributed by atoms with Crippen molar-refractivity contribution in [1.29, 1.82) is 0 Å². The number of hydrogen-bond acceptors (Lipinski definition) is 2. The van der Waals surface area contributed by atoms with Crippen LogP contribution in [0.15, 0.2) is 79.3 Å². The monoisotopic (exact) mass is 361 g/mol. The van der Waals surface area contributed by atoms with Gasteiger partial charge < -0.3 is 4.57 Å². The quantitative estimate of drug-likeness (QED) is 0.373. The Morgan fingerprint density at radius 3 is 2.43 bits per heavy atom. The van der Waals surface area contributed by atoms with Crippen LogP contribution >= 0.6 is 0 Å². The molecule has 0 fully saturated rings. The Labute approximate surface area is 163 Å². The Bertz CT molecular complexity index is 1380. The van der Waals surface area contributed by atoms with Crippen molar-refractivity contribution in [2.45, 2.75) is 19.3 Å². The fourth-order valence-corrected chi connectivity index (χ4v) is 4.80. The third-order valence-corrected chi connectivity index (χ3v) is 6.14. The average Bonchev–Trinajstić information content (AvgIpc) is 3.17. The molecule has 0 atom stereocenters. The molecule has 6 rings (SSSR count). The second kappa shape index (κ2) is 5.29. The van der Waals surface area contributed by atoms with Gasteiger partial charge in [0.1, 0.15) is 0 Å². The molecule has 0 amide bonds. The van der Waals surface area contributed by atoms with Gasteiger partial charge in [0.25, 0.3) is 0 Å². The summed E-state index contributed by atoms with van der Waals surface area (Å²) in [6, 6.07) is 21.7. The molecule has 0 radical (unpaired) electrons. The molecule has 3 heterocycles. The third-order valence-electron chi connectivity index (χ3n) is 6.14. The lowest BCUT2D eigenvalue weighted by molar-refractivity contribution is 0.661. The smallest absolute Gasteiger partial charge is 0.0963 e. The lowest BCUT2D eigenvalue weighted by atomic mass is 9.82. The van der Waals surface area contributed by atoms with Gasteiger partial charge in [0.15, 0.2) is 0 Å². The van der Waals surface area contributed by atoms with Gasteiger partial charge in [-0.2, -0.15) is 0 Å². The summed E-state index contributed by atoms with van der Waals surface area (Å²) in [5, 5.41) is 1.20. The molecule has 0 bridgehead atoms. The number of hydrogen-bond donors (Lipinski definition) is 0. The average molecular weight is 361 g/mol. The van der Waals surface area contributed by atoms with Crippen LogP contribution < -0.4 is 0 Å². The summed E-state index contributed by atoms with van der Waals surface area (Å²) >= 11 is 0. The lowest BCUT2D eigenvalue weighted by Gasteiger charge is -2.21. The molecule has 3 heteroatoms. The maximum absolute atomic E-state index is 4.74. The molecule has 0 saturated carbocycles. The largest absolute Gasteiger partial charge is 0.307 e. The molecule has 134 valence electrons. The van der Waals surface area contributed by atoms with Crippen molar-refractivity contribution in [3.05, 3.63) is 90.4 Å². The minimum absolute atomic E-state index is 0.0139. The highest BCUT2D eigenvalue weighted by Crippen LogP contribution is 2.50. The molecule has 0 spiro atoms. The molecule has 3 nitrogen and oxygen atoms in total. The molecule has 2 aromatic carbocycles. The van der Waals surface area contributed by atoms with Crippen molar-refractivity contribution in [3.63, 3.8) is 0 Å². The van der Waals surface area contributed by atoms with E-state index in [-0.39, 0.29) is 5.41 Å². The molecular formula is C25H19N3. The standard InChI is InChI=1S/C25H19N3/c1-25(2)20-7-4-3-6-17(20)18-15-23-19(14-21(18)25)24-22(8-5-11-27-24)28(23)16-9-12-26-13-10-16/h3-15H,1-2H3. The molecule has 0 unspecified atom stereocenters. The zero-order valence-corrected chi connectivity index (χ0v) is 15.8. The highest BCUT2D eigenvalue weighted by Gasteiger charge is 2.36. The molecule has 3 aromatic heterocycles. The van der Waals surface area contributed by atoms with Crippen LogP contribution in [-0.4, -0.2) is 14.5 Å². The number of pyridine rings is 2. The Hall–Kier alpha value is -3.46. The predicted octanol–water partition coefficient (Wildman–Crippen LogP) is 5.88. The Morgan fingerprint density at radius 1 is 0.750 bits per heavy atom. The Balaban J connectivity index is 1.80. The summed E-state index contributed by atoms with van der Waals surface area (Å²) in [5.41, 5.74) is 9.88. The molecule has 0 aliphatic heterocycles. The minimum atomic E-state index is -0.0139.